The summed E-state index contributed by atoms with van der Waals surface area (Å²) < 4.78 is 7.63. The number of aromatic hydroxyl groups is 1. The van der Waals surface area contributed by atoms with Crippen molar-refractivity contribution in [1.29, 1.82) is 5.26 Å². The molecule has 1 aromatic carbocycles. The summed E-state index contributed by atoms with van der Waals surface area (Å²) in [5.74, 6) is -1.88. The van der Waals surface area contributed by atoms with Crippen molar-refractivity contribution in [3.05, 3.63) is 87.7 Å². The second-order valence-electron chi connectivity index (χ2n) is 7.75. The second-order valence-corrected chi connectivity index (χ2v) is 7.75. The number of aryl methyl sites for hydroxylation is 1. The van der Waals surface area contributed by atoms with Crippen molar-refractivity contribution in [2.75, 3.05) is 5.32 Å². The molecule has 0 fully saturated rings. The standard InChI is InChI=1S/C23H21N7O4/c1-13-8-9-25-30(13)19(17-7-5-4-6-15(17)10-24)14(2)21-28-18(20(31)23(33)29(21)3)22(32)27-16-11-26-34-12-16/h4-9,11-12,14,19,31H,1-3H3,(H,27,32)/t14-,19-/m0/s1. The number of amides is 1. The second kappa shape index (κ2) is 9.03. The first kappa shape index (κ1) is 22.5. The fourth-order valence-corrected chi connectivity index (χ4v) is 3.91. The van der Waals surface area contributed by atoms with Gasteiger partial charge < -0.3 is 14.9 Å². The summed E-state index contributed by atoms with van der Waals surface area (Å²) in [5, 5.41) is 30.5. The Kier molecular flexibility index (Phi) is 5.97. The summed E-state index contributed by atoms with van der Waals surface area (Å²) in [6.45, 7) is 3.70. The third-order valence-corrected chi connectivity index (χ3v) is 5.62. The highest BCUT2D eigenvalue weighted by atomic mass is 16.5. The summed E-state index contributed by atoms with van der Waals surface area (Å²) in [7, 11) is 1.46. The first-order valence-electron chi connectivity index (χ1n) is 10.3. The number of aromatic nitrogens is 5. The van der Waals surface area contributed by atoms with E-state index in [4.69, 9.17) is 4.52 Å². The minimum absolute atomic E-state index is 0.228. The fourth-order valence-electron chi connectivity index (χ4n) is 3.91. The van der Waals surface area contributed by atoms with Gasteiger partial charge in [-0.2, -0.15) is 10.4 Å². The van der Waals surface area contributed by atoms with E-state index in [1.807, 2.05) is 32.0 Å². The average Bonchev–Trinajstić information content (AvgIpc) is 3.50. The molecule has 34 heavy (non-hydrogen) atoms. The molecule has 3 heterocycles. The molecule has 11 heteroatoms. The molecule has 0 radical (unpaired) electrons. The number of nitrogens with zero attached hydrogens (tertiary/aromatic N) is 6. The molecule has 0 saturated heterocycles. The van der Waals surface area contributed by atoms with Gasteiger partial charge in [-0.05, 0) is 24.6 Å². The topological polar surface area (TPSA) is 152 Å². The first-order valence-corrected chi connectivity index (χ1v) is 10.3. The van der Waals surface area contributed by atoms with Crippen LogP contribution >= 0.6 is 0 Å². The van der Waals surface area contributed by atoms with E-state index in [0.29, 0.717) is 11.1 Å². The van der Waals surface area contributed by atoms with Crippen molar-refractivity contribution in [2.45, 2.75) is 25.8 Å². The Labute approximate surface area is 193 Å². The molecule has 0 unspecified atom stereocenters. The van der Waals surface area contributed by atoms with E-state index in [2.05, 4.69) is 26.6 Å². The lowest BCUT2D eigenvalue weighted by Crippen LogP contribution is -2.31. The Morgan fingerprint density at radius 3 is 2.71 bits per heavy atom. The maximum Gasteiger partial charge on any atom is 0.296 e. The monoisotopic (exact) mass is 459 g/mol. The van der Waals surface area contributed by atoms with Gasteiger partial charge in [-0.25, -0.2) is 4.98 Å². The van der Waals surface area contributed by atoms with Gasteiger partial charge >= 0.3 is 0 Å². The Morgan fingerprint density at radius 1 is 1.29 bits per heavy atom. The average molecular weight is 459 g/mol. The largest absolute Gasteiger partial charge is 0.501 e. The summed E-state index contributed by atoms with van der Waals surface area (Å²) in [4.78, 5) is 30.0. The Morgan fingerprint density at radius 2 is 2.06 bits per heavy atom. The number of hydrogen-bond acceptors (Lipinski definition) is 8. The molecule has 0 aliphatic carbocycles. The van der Waals surface area contributed by atoms with Crippen molar-refractivity contribution < 1.29 is 14.4 Å². The van der Waals surface area contributed by atoms with E-state index in [0.717, 1.165) is 5.69 Å². The number of carbonyl (C=O) groups excluding carboxylic acids is 1. The number of anilines is 1. The van der Waals surface area contributed by atoms with Crippen molar-refractivity contribution in [1.82, 2.24) is 24.5 Å². The molecular weight excluding hydrogens is 438 g/mol. The van der Waals surface area contributed by atoms with Crippen molar-refractivity contribution in [3.8, 4) is 11.8 Å². The zero-order valence-corrected chi connectivity index (χ0v) is 18.6. The number of nitrogens with one attached hydrogen (secondary N) is 1. The van der Waals surface area contributed by atoms with Crippen LogP contribution in [-0.4, -0.2) is 35.5 Å². The van der Waals surface area contributed by atoms with Gasteiger partial charge in [0.1, 0.15) is 17.8 Å². The Balaban J connectivity index is 1.87. The van der Waals surface area contributed by atoms with Crippen LogP contribution in [0.3, 0.4) is 0 Å². The highest BCUT2D eigenvalue weighted by Gasteiger charge is 2.31. The van der Waals surface area contributed by atoms with Crippen LogP contribution < -0.4 is 10.9 Å². The van der Waals surface area contributed by atoms with Crippen LogP contribution in [0.15, 0.2) is 58.3 Å². The van der Waals surface area contributed by atoms with Gasteiger partial charge in [0.15, 0.2) is 5.69 Å². The molecule has 11 nitrogen and oxygen atoms in total. The minimum Gasteiger partial charge on any atom is -0.501 e. The first-order chi connectivity index (χ1) is 16.3. The van der Waals surface area contributed by atoms with Gasteiger partial charge in [-0.3, -0.25) is 18.8 Å². The third-order valence-electron chi connectivity index (χ3n) is 5.62. The molecule has 0 spiro atoms. The molecule has 0 aliphatic heterocycles. The van der Waals surface area contributed by atoms with Gasteiger partial charge in [0.2, 0.25) is 5.75 Å². The number of nitriles is 1. The van der Waals surface area contributed by atoms with Crippen LogP contribution in [0.5, 0.6) is 5.75 Å². The molecule has 4 rings (SSSR count). The maximum absolute atomic E-state index is 12.8. The maximum atomic E-state index is 12.8. The van der Waals surface area contributed by atoms with Crippen LogP contribution in [0.1, 0.15) is 52.0 Å². The summed E-state index contributed by atoms with van der Waals surface area (Å²) in [6.07, 6.45) is 4.12. The lowest BCUT2D eigenvalue weighted by Gasteiger charge is -2.28. The molecular formula is C23H21N7O4. The van der Waals surface area contributed by atoms with Crippen molar-refractivity contribution >= 4 is 11.6 Å². The van der Waals surface area contributed by atoms with Crippen molar-refractivity contribution in [2.24, 2.45) is 7.05 Å². The summed E-state index contributed by atoms with van der Waals surface area (Å²) in [6, 6.07) is 10.6. The van der Waals surface area contributed by atoms with Crippen LogP contribution in [0.2, 0.25) is 0 Å². The number of hydrogen-bond donors (Lipinski definition) is 2. The predicted octanol–water partition coefficient (Wildman–Crippen LogP) is 2.50. The van der Waals surface area contributed by atoms with E-state index in [-0.39, 0.29) is 11.5 Å². The van der Waals surface area contributed by atoms with Gasteiger partial charge in [0.05, 0.1) is 23.9 Å². The van der Waals surface area contributed by atoms with Crippen LogP contribution in [0.25, 0.3) is 0 Å². The molecule has 172 valence electrons. The molecule has 1 amide bonds. The van der Waals surface area contributed by atoms with Gasteiger partial charge in [-0.15, -0.1) is 0 Å². The van der Waals surface area contributed by atoms with Gasteiger partial charge in [0, 0.05) is 24.9 Å². The van der Waals surface area contributed by atoms with E-state index < -0.39 is 34.9 Å². The zero-order chi connectivity index (χ0) is 24.4. The smallest absolute Gasteiger partial charge is 0.296 e. The minimum atomic E-state index is -0.795. The zero-order valence-electron chi connectivity index (χ0n) is 18.6. The van der Waals surface area contributed by atoms with Crippen molar-refractivity contribution in [3.63, 3.8) is 0 Å². The lowest BCUT2D eigenvalue weighted by molar-refractivity contribution is 0.101. The molecule has 2 atom stereocenters. The van der Waals surface area contributed by atoms with Gasteiger partial charge in [-0.1, -0.05) is 30.3 Å². The highest BCUT2D eigenvalue weighted by Crippen LogP contribution is 2.35. The molecule has 2 N–H and O–H groups in total. The van der Waals surface area contributed by atoms with Crippen LogP contribution in [0.4, 0.5) is 5.69 Å². The molecule has 4 aromatic rings. The quantitative estimate of drug-likeness (QED) is 0.446. The van der Waals surface area contributed by atoms with Gasteiger partial charge in [0.25, 0.3) is 11.5 Å². The molecule has 0 aliphatic rings. The Bertz CT molecular complexity index is 1450. The number of benzene rings is 1. The van der Waals surface area contributed by atoms with E-state index in [1.165, 1.54) is 24.1 Å². The summed E-state index contributed by atoms with van der Waals surface area (Å²) >= 11 is 0. The highest BCUT2D eigenvalue weighted by molar-refractivity contribution is 6.04. The number of carbonyl (C=O) groups is 1. The SMILES string of the molecule is Cc1ccnn1[C@H](c1ccccc1C#N)[C@H](C)c1nc(C(=O)Nc2cnoc2)c(O)c(=O)n1C. The predicted molar refractivity (Wildman–Crippen MR) is 120 cm³/mol. The number of rotatable bonds is 6. The third kappa shape index (κ3) is 3.93. The molecule has 3 aromatic heterocycles. The van der Waals surface area contributed by atoms with E-state index >= 15 is 0 Å². The fraction of sp³-hybridized carbons (Fsp3) is 0.217. The normalized spacial score (nSPS) is 12.6. The molecule has 0 saturated carbocycles. The van der Waals surface area contributed by atoms with Crippen LogP contribution in [-0.2, 0) is 7.05 Å². The molecule has 0 bridgehead atoms. The van der Waals surface area contributed by atoms with E-state index in [1.54, 1.807) is 23.0 Å². The van der Waals surface area contributed by atoms with E-state index in [9.17, 15) is 20.0 Å². The lowest BCUT2D eigenvalue weighted by atomic mass is 9.90. The van der Waals surface area contributed by atoms with Crippen LogP contribution in [0, 0.1) is 18.3 Å². The Hall–Kier alpha value is -4.72. The summed E-state index contributed by atoms with van der Waals surface area (Å²) in [5.41, 5.74) is 0.992.